The summed E-state index contributed by atoms with van der Waals surface area (Å²) in [6, 6.07) is 8.79. The third-order valence-corrected chi connectivity index (χ3v) is 3.65. The molecule has 0 aliphatic carbocycles. The van der Waals surface area contributed by atoms with Crippen LogP contribution in [0.25, 0.3) is 11.1 Å². The van der Waals surface area contributed by atoms with E-state index in [1.54, 1.807) is 30.7 Å². The van der Waals surface area contributed by atoms with Crippen molar-refractivity contribution in [1.29, 1.82) is 0 Å². The lowest BCUT2D eigenvalue weighted by Crippen LogP contribution is -2.41. The van der Waals surface area contributed by atoms with Crippen molar-refractivity contribution in [3.05, 3.63) is 48.4 Å². The first-order valence-corrected chi connectivity index (χ1v) is 7.18. The van der Waals surface area contributed by atoms with Gasteiger partial charge in [-0.1, -0.05) is 19.1 Å². The Morgan fingerprint density at radius 1 is 1.27 bits per heavy atom. The summed E-state index contributed by atoms with van der Waals surface area (Å²) >= 11 is 0. The van der Waals surface area contributed by atoms with Crippen LogP contribution in [0.5, 0.6) is 0 Å². The van der Waals surface area contributed by atoms with E-state index in [0.717, 1.165) is 11.1 Å². The highest BCUT2D eigenvalue weighted by Crippen LogP contribution is 2.22. The Hall–Kier alpha value is -2.56. The first kappa shape index (κ1) is 15.8. The minimum Gasteiger partial charge on any atom is -0.480 e. The van der Waals surface area contributed by atoms with Crippen molar-refractivity contribution < 1.29 is 19.1 Å². The molecule has 2 aromatic rings. The van der Waals surface area contributed by atoms with Crippen LogP contribution in [-0.4, -0.2) is 34.5 Å². The largest absolute Gasteiger partial charge is 0.480 e. The maximum atomic E-state index is 12.6. The summed E-state index contributed by atoms with van der Waals surface area (Å²) in [4.78, 5) is 25.0. The number of nitrogens with zero attached hydrogens (tertiary/aromatic N) is 1. The zero-order valence-corrected chi connectivity index (χ0v) is 12.7. The topological polar surface area (TPSA) is 70.8 Å². The van der Waals surface area contributed by atoms with Crippen LogP contribution in [0.15, 0.2) is 47.3 Å². The molecule has 2 rings (SSSR count). The van der Waals surface area contributed by atoms with Gasteiger partial charge in [0.2, 0.25) is 0 Å². The molecule has 0 saturated heterocycles. The lowest BCUT2D eigenvalue weighted by atomic mass is 10.0. The second kappa shape index (κ2) is 6.93. The molecule has 1 unspecified atom stereocenters. The Labute approximate surface area is 129 Å². The Kier molecular flexibility index (Phi) is 4.99. The van der Waals surface area contributed by atoms with Gasteiger partial charge in [0.25, 0.3) is 5.91 Å². The molecule has 0 fully saturated rings. The van der Waals surface area contributed by atoms with Gasteiger partial charge in [0.05, 0.1) is 12.5 Å². The quantitative estimate of drug-likeness (QED) is 0.889. The summed E-state index contributed by atoms with van der Waals surface area (Å²) in [5.41, 5.74) is 2.21. The van der Waals surface area contributed by atoms with E-state index in [1.807, 2.05) is 26.0 Å². The normalized spacial score (nSPS) is 11.9. The van der Waals surface area contributed by atoms with Crippen LogP contribution in [0.3, 0.4) is 0 Å². The molecule has 1 atom stereocenters. The average molecular weight is 301 g/mol. The van der Waals surface area contributed by atoms with Crippen LogP contribution < -0.4 is 0 Å². The summed E-state index contributed by atoms with van der Waals surface area (Å²) < 4.78 is 5.05. The number of rotatable bonds is 6. The van der Waals surface area contributed by atoms with E-state index in [-0.39, 0.29) is 18.5 Å². The van der Waals surface area contributed by atoms with Crippen molar-refractivity contribution in [2.24, 2.45) is 0 Å². The standard InChI is InChI=1S/C17H19NO4/c1-3-12(2)18(10-16(19)20)17(21)14-6-4-5-13(9-14)15-7-8-22-11-15/h4-9,11-12H,3,10H2,1-2H3,(H,19,20). The molecule has 0 radical (unpaired) electrons. The van der Waals surface area contributed by atoms with Crippen molar-refractivity contribution in [3.8, 4) is 11.1 Å². The first-order chi connectivity index (χ1) is 10.5. The van der Waals surface area contributed by atoms with Gasteiger partial charge in [0.1, 0.15) is 6.54 Å². The van der Waals surface area contributed by atoms with E-state index in [4.69, 9.17) is 9.52 Å². The van der Waals surface area contributed by atoms with Crippen LogP contribution in [0.4, 0.5) is 0 Å². The number of carboxylic acids is 1. The molecule has 1 aromatic carbocycles. The fraction of sp³-hybridized carbons (Fsp3) is 0.294. The summed E-state index contributed by atoms with van der Waals surface area (Å²) in [6.45, 7) is 3.47. The molecule has 0 saturated carbocycles. The summed E-state index contributed by atoms with van der Waals surface area (Å²) in [5, 5.41) is 9.02. The molecule has 1 N–H and O–H groups in total. The number of aliphatic carboxylic acids is 1. The fourth-order valence-corrected chi connectivity index (χ4v) is 2.22. The minimum absolute atomic E-state index is 0.138. The zero-order chi connectivity index (χ0) is 16.1. The fourth-order valence-electron chi connectivity index (χ4n) is 2.22. The maximum absolute atomic E-state index is 12.6. The van der Waals surface area contributed by atoms with Gasteiger partial charge in [-0.3, -0.25) is 9.59 Å². The van der Waals surface area contributed by atoms with Crippen molar-refractivity contribution in [3.63, 3.8) is 0 Å². The SMILES string of the molecule is CCC(C)N(CC(=O)O)C(=O)c1cccc(-c2ccoc2)c1. The van der Waals surface area contributed by atoms with Gasteiger partial charge in [-0.25, -0.2) is 0 Å². The number of hydrogen-bond donors (Lipinski definition) is 1. The highest BCUT2D eigenvalue weighted by molar-refractivity contribution is 5.97. The van der Waals surface area contributed by atoms with Gasteiger partial charge in [-0.05, 0) is 37.1 Å². The van der Waals surface area contributed by atoms with Gasteiger partial charge < -0.3 is 14.4 Å². The van der Waals surface area contributed by atoms with Crippen LogP contribution in [0.1, 0.15) is 30.6 Å². The van der Waals surface area contributed by atoms with Crippen molar-refractivity contribution in [2.45, 2.75) is 26.3 Å². The Morgan fingerprint density at radius 3 is 2.64 bits per heavy atom. The molecule has 1 aromatic heterocycles. The van der Waals surface area contributed by atoms with E-state index in [1.165, 1.54) is 4.90 Å². The smallest absolute Gasteiger partial charge is 0.323 e. The predicted molar refractivity (Wildman–Crippen MR) is 82.6 cm³/mol. The zero-order valence-electron chi connectivity index (χ0n) is 12.7. The van der Waals surface area contributed by atoms with Crippen LogP contribution in [0, 0.1) is 0 Å². The van der Waals surface area contributed by atoms with E-state index < -0.39 is 5.97 Å². The van der Waals surface area contributed by atoms with Crippen LogP contribution >= 0.6 is 0 Å². The number of carboxylic acid groups (broad SMARTS) is 1. The molecule has 0 aliphatic rings. The lowest BCUT2D eigenvalue weighted by Gasteiger charge is -2.27. The summed E-state index contributed by atoms with van der Waals surface area (Å²) in [7, 11) is 0. The van der Waals surface area contributed by atoms with E-state index >= 15 is 0 Å². The average Bonchev–Trinajstić information content (AvgIpc) is 3.05. The molecule has 116 valence electrons. The third kappa shape index (κ3) is 3.55. The molecule has 0 spiro atoms. The molecule has 0 bridgehead atoms. The second-order valence-corrected chi connectivity index (χ2v) is 5.18. The number of carbonyl (C=O) groups is 2. The maximum Gasteiger partial charge on any atom is 0.323 e. The molecular weight excluding hydrogens is 282 g/mol. The number of hydrogen-bond acceptors (Lipinski definition) is 3. The first-order valence-electron chi connectivity index (χ1n) is 7.18. The monoisotopic (exact) mass is 301 g/mol. The van der Waals surface area contributed by atoms with Crippen molar-refractivity contribution in [2.75, 3.05) is 6.54 Å². The van der Waals surface area contributed by atoms with Crippen molar-refractivity contribution in [1.82, 2.24) is 4.90 Å². The minimum atomic E-state index is -1.01. The Bertz CT molecular complexity index is 648. The Morgan fingerprint density at radius 2 is 2.05 bits per heavy atom. The number of furan rings is 1. The second-order valence-electron chi connectivity index (χ2n) is 5.18. The lowest BCUT2D eigenvalue weighted by molar-refractivity contribution is -0.138. The van der Waals surface area contributed by atoms with Gasteiger partial charge in [-0.2, -0.15) is 0 Å². The van der Waals surface area contributed by atoms with Gasteiger partial charge in [0.15, 0.2) is 0 Å². The summed E-state index contributed by atoms with van der Waals surface area (Å²) in [6.07, 6.45) is 3.87. The Balaban J connectivity index is 2.30. The van der Waals surface area contributed by atoms with Gasteiger partial charge in [0, 0.05) is 17.2 Å². The van der Waals surface area contributed by atoms with E-state index in [2.05, 4.69) is 0 Å². The predicted octanol–water partition coefficient (Wildman–Crippen LogP) is 3.27. The number of benzene rings is 1. The summed E-state index contributed by atoms with van der Waals surface area (Å²) in [5.74, 6) is -1.29. The van der Waals surface area contributed by atoms with E-state index in [0.29, 0.717) is 12.0 Å². The van der Waals surface area contributed by atoms with Crippen molar-refractivity contribution >= 4 is 11.9 Å². The molecule has 1 heterocycles. The van der Waals surface area contributed by atoms with E-state index in [9.17, 15) is 9.59 Å². The highest BCUT2D eigenvalue weighted by Gasteiger charge is 2.23. The van der Waals surface area contributed by atoms with Crippen LogP contribution in [-0.2, 0) is 4.79 Å². The van der Waals surface area contributed by atoms with Crippen LogP contribution in [0.2, 0.25) is 0 Å². The number of carbonyl (C=O) groups excluding carboxylic acids is 1. The van der Waals surface area contributed by atoms with Gasteiger partial charge >= 0.3 is 5.97 Å². The molecule has 5 heteroatoms. The molecule has 0 aliphatic heterocycles. The molecule has 22 heavy (non-hydrogen) atoms. The van der Waals surface area contributed by atoms with Gasteiger partial charge in [-0.15, -0.1) is 0 Å². The number of amides is 1. The third-order valence-electron chi connectivity index (χ3n) is 3.65. The highest BCUT2D eigenvalue weighted by atomic mass is 16.4. The molecular formula is C17H19NO4. The molecule has 1 amide bonds. The molecule has 5 nitrogen and oxygen atoms in total.